The number of amides is 1. The molecule has 0 spiro atoms. The number of carbonyl (C=O) groups excluding carboxylic acids is 1. The van der Waals surface area contributed by atoms with Crippen LogP contribution in [0.2, 0.25) is 0 Å². The van der Waals surface area contributed by atoms with Crippen molar-refractivity contribution in [2.45, 2.75) is 58.9 Å². The zero-order valence-corrected chi connectivity index (χ0v) is 12.9. The summed E-state index contributed by atoms with van der Waals surface area (Å²) in [6.07, 6.45) is 9.04. The van der Waals surface area contributed by atoms with Crippen LogP contribution in [-0.2, 0) is 11.3 Å². The Morgan fingerprint density at radius 1 is 1.32 bits per heavy atom. The summed E-state index contributed by atoms with van der Waals surface area (Å²) in [5.41, 5.74) is 0.924. The van der Waals surface area contributed by atoms with Gasteiger partial charge in [-0.1, -0.05) is 44.7 Å². The number of unbranched alkanes of at least 4 members (excludes halogenated alkanes) is 4. The second kappa shape index (κ2) is 9.79. The molecule has 0 saturated heterocycles. The van der Waals surface area contributed by atoms with Crippen molar-refractivity contribution in [3.63, 3.8) is 0 Å². The van der Waals surface area contributed by atoms with E-state index in [2.05, 4.69) is 12.2 Å². The quantitative estimate of drug-likeness (QED) is 0.516. The lowest BCUT2D eigenvalue weighted by Crippen LogP contribution is -2.24. The van der Waals surface area contributed by atoms with Crippen molar-refractivity contribution in [3.05, 3.63) is 34.0 Å². The summed E-state index contributed by atoms with van der Waals surface area (Å²) in [5, 5.41) is 5.02. The second-order valence-electron chi connectivity index (χ2n) is 4.74. The van der Waals surface area contributed by atoms with Crippen molar-refractivity contribution < 1.29 is 4.79 Å². The minimum atomic E-state index is 0.0893. The third-order valence-electron chi connectivity index (χ3n) is 3.19. The Labute approximate surface area is 120 Å². The predicted molar refractivity (Wildman–Crippen MR) is 83.3 cm³/mol. The Balaban J connectivity index is 2.24. The molecule has 0 radical (unpaired) electrons. The largest absolute Gasteiger partial charge is 0.347 e. The molecule has 3 heteroatoms. The molecule has 0 fully saturated rings. The van der Waals surface area contributed by atoms with Crippen LogP contribution in [0, 0.1) is 0 Å². The molecule has 0 bridgehead atoms. The molecule has 0 aliphatic heterocycles. The Hall–Kier alpha value is -1.09. The predicted octanol–water partition coefficient (Wildman–Crippen LogP) is 4.67. The topological polar surface area (TPSA) is 29.1 Å². The SMILES string of the molecule is CC=C(CCCCCCC)C(=O)NCc1cccs1. The van der Waals surface area contributed by atoms with Gasteiger partial charge in [-0.25, -0.2) is 0 Å². The van der Waals surface area contributed by atoms with Crippen molar-refractivity contribution in [1.29, 1.82) is 0 Å². The Bertz CT molecular complexity index is 381. The molecule has 0 atom stereocenters. The Kier molecular flexibility index (Phi) is 8.23. The van der Waals surface area contributed by atoms with Gasteiger partial charge in [0, 0.05) is 10.5 Å². The average Bonchev–Trinajstić information content (AvgIpc) is 2.93. The summed E-state index contributed by atoms with van der Waals surface area (Å²) < 4.78 is 0. The van der Waals surface area contributed by atoms with Crippen LogP contribution in [0.3, 0.4) is 0 Å². The van der Waals surface area contributed by atoms with Crippen LogP contribution in [-0.4, -0.2) is 5.91 Å². The molecule has 1 rings (SSSR count). The van der Waals surface area contributed by atoms with Gasteiger partial charge in [0.15, 0.2) is 0 Å². The fourth-order valence-corrected chi connectivity index (χ4v) is 2.65. The van der Waals surface area contributed by atoms with Gasteiger partial charge in [-0.3, -0.25) is 4.79 Å². The van der Waals surface area contributed by atoms with E-state index in [0.717, 1.165) is 18.4 Å². The van der Waals surface area contributed by atoms with E-state index in [1.54, 1.807) is 11.3 Å². The molecule has 1 N–H and O–H groups in total. The molecule has 0 aliphatic rings. The fraction of sp³-hybridized carbons (Fsp3) is 0.562. The van der Waals surface area contributed by atoms with E-state index in [-0.39, 0.29) is 5.91 Å². The van der Waals surface area contributed by atoms with Gasteiger partial charge in [0.05, 0.1) is 6.54 Å². The van der Waals surface area contributed by atoms with Gasteiger partial charge in [-0.2, -0.15) is 0 Å². The first-order valence-electron chi connectivity index (χ1n) is 7.23. The molecular formula is C16H25NOS. The van der Waals surface area contributed by atoms with Crippen molar-refractivity contribution in [1.82, 2.24) is 5.32 Å². The van der Waals surface area contributed by atoms with E-state index in [1.807, 2.05) is 30.5 Å². The number of thiophene rings is 1. The van der Waals surface area contributed by atoms with Crippen LogP contribution in [0.5, 0.6) is 0 Å². The van der Waals surface area contributed by atoms with Gasteiger partial charge < -0.3 is 5.32 Å². The first-order valence-corrected chi connectivity index (χ1v) is 8.11. The molecule has 106 valence electrons. The van der Waals surface area contributed by atoms with Gasteiger partial charge >= 0.3 is 0 Å². The molecule has 1 amide bonds. The van der Waals surface area contributed by atoms with Crippen LogP contribution in [0.25, 0.3) is 0 Å². The third-order valence-corrected chi connectivity index (χ3v) is 4.07. The van der Waals surface area contributed by atoms with E-state index in [0.29, 0.717) is 6.54 Å². The van der Waals surface area contributed by atoms with Crippen molar-refractivity contribution in [2.24, 2.45) is 0 Å². The van der Waals surface area contributed by atoms with Crippen LogP contribution in [0.1, 0.15) is 57.2 Å². The monoisotopic (exact) mass is 279 g/mol. The molecule has 0 aliphatic carbocycles. The summed E-state index contributed by atoms with van der Waals surface area (Å²) in [4.78, 5) is 13.2. The van der Waals surface area contributed by atoms with Crippen molar-refractivity contribution in [2.75, 3.05) is 0 Å². The highest BCUT2D eigenvalue weighted by atomic mass is 32.1. The maximum absolute atomic E-state index is 12.0. The summed E-state index contributed by atoms with van der Waals surface area (Å²) >= 11 is 1.68. The van der Waals surface area contributed by atoms with Crippen molar-refractivity contribution >= 4 is 17.2 Å². The number of allylic oxidation sites excluding steroid dienone is 1. The second-order valence-corrected chi connectivity index (χ2v) is 5.77. The van der Waals surface area contributed by atoms with Crippen LogP contribution >= 0.6 is 11.3 Å². The molecule has 1 heterocycles. The van der Waals surface area contributed by atoms with E-state index in [9.17, 15) is 4.79 Å². The maximum atomic E-state index is 12.0. The summed E-state index contributed by atoms with van der Waals surface area (Å²) in [6.45, 7) is 4.81. The molecule has 0 unspecified atom stereocenters. The minimum Gasteiger partial charge on any atom is -0.347 e. The Morgan fingerprint density at radius 3 is 2.74 bits per heavy atom. The standard InChI is InChI=1S/C16H25NOS/c1-3-5-6-7-8-10-14(4-2)16(18)17-13-15-11-9-12-19-15/h4,9,11-12H,3,5-8,10,13H2,1-2H3,(H,17,18). The Morgan fingerprint density at radius 2 is 2.11 bits per heavy atom. The molecule has 0 aromatic carbocycles. The van der Waals surface area contributed by atoms with Crippen molar-refractivity contribution in [3.8, 4) is 0 Å². The lowest BCUT2D eigenvalue weighted by atomic mass is 10.0. The smallest absolute Gasteiger partial charge is 0.247 e. The van der Waals surface area contributed by atoms with Gasteiger partial charge in [0.25, 0.3) is 0 Å². The maximum Gasteiger partial charge on any atom is 0.247 e. The first kappa shape index (κ1) is 16.0. The molecule has 19 heavy (non-hydrogen) atoms. The number of hydrogen-bond acceptors (Lipinski definition) is 2. The van der Waals surface area contributed by atoms with Crippen LogP contribution in [0.4, 0.5) is 0 Å². The normalized spacial score (nSPS) is 11.6. The summed E-state index contributed by atoms with van der Waals surface area (Å²) in [7, 11) is 0. The number of nitrogens with one attached hydrogen (secondary N) is 1. The van der Waals surface area contributed by atoms with E-state index in [4.69, 9.17) is 0 Å². The highest BCUT2D eigenvalue weighted by molar-refractivity contribution is 7.09. The van der Waals surface area contributed by atoms with Gasteiger partial charge in [-0.05, 0) is 31.2 Å². The van der Waals surface area contributed by atoms with E-state index < -0.39 is 0 Å². The average molecular weight is 279 g/mol. The zero-order chi connectivity index (χ0) is 13.9. The first-order chi connectivity index (χ1) is 9.27. The summed E-state index contributed by atoms with van der Waals surface area (Å²) in [6, 6.07) is 4.06. The summed E-state index contributed by atoms with van der Waals surface area (Å²) in [5.74, 6) is 0.0893. The minimum absolute atomic E-state index is 0.0893. The highest BCUT2D eigenvalue weighted by Crippen LogP contribution is 2.12. The molecular weight excluding hydrogens is 254 g/mol. The molecule has 1 aromatic heterocycles. The highest BCUT2D eigenvalue weighted by Gasteiger charge is 2.07. The number of hydrogen-bond donors (Lipinski definition) is 1. The molecule has 1 aromatic rings. The van der Waals surface area contributed by atoms with E-state index >= 15 is 0 Å². The fourth-order valence-electron chi connectivity index (χ4n) is 2.00. The van der Waals surface area contributed by atoms with Gasteiger partial charge in [0.1, 0.15) is 0 Å². The van der Waals surface area contributed by atoms with Crippen LogP contribution in [0.15, 0.2) is 29.2 Å². The van der Waals surface area contributed by atoms with Gasteiger partial charge in [-0.15, -0.1) is 11.3 Å². The zero-order valence-electron chi connectivity index (χ0n) is 12.1. The third kappa shape index (κ3) is 6.58. The molecule has 0 saturated carbocycles. The van der Waals surface area contributed by atoms with Crippen LogP contribution < -0.4 is 5.32 Å². The number of rotatable bonds is 9. The lowest BCUT2D eigenvalue weighted by Gasteiger charge is -2.08. The van der Waals surface area contributed by atoms with E-state index in [1.165, 1.54) is 30.6 Å². The van der Waals surface area contributed by atoms with Gasteiger partial charge in [0.2, 0.25) is 5.91 Å². The number of carbonyl (C=O) groups is 1. The lowest BCUT2D eigenvalue weighted by molar-refractivity contribution is -0.117. The molecule has 2 nitrogen and oxygen atoms in total.